The number of alkyl carbamates (subject to hydrolysis) is 1. The van der Waals surface area contributed by atoms with Gasteiger partial charge in [-0.1, -0.05) is 27.7 Å². The molecule has 0 spiro atoms. The average molecular weight is 422 g/mol. The molecule has 5 atom stereocenters. The highest BCUT2D eigenvalue weighted by atomic mass is 16.7. The molecule has 2 bridgehead atoms. The minimum atomic E-state index is -0.605. The van der Waals surface area contributed by atoms with Crippen molar-refractivity contribution in [2.24, 2.45) is 23.2 Å². The molecule has 30 heavy (non-hydrogen) atoms. The summed E-state index contributed by atoms with van der Waals surface area (Å²) in [5, 5.41) is 5.54. The Morgan fingerprint density at radius 2 is 1.87 bits per heavy atom. The predicted molar refractivity (Wildman–Crippen MR) is 116 cm³/mol. The standard InChI is InChI=1S/C22H39BN2O5/c1-13(2)9-17(25-18(26)12-24-19(27)28-20(3,4)5)23-29-16-11-14-10-15(21(14,6)7)22(16,8)30-23/h13-17H,9-12H2,1-8H3,(H,24,27)(H,25,26)/t14?,15?,16?,17?,22-/m0/s1. The predicted octanol–water partition coefficient (Wildman–Crippen LogP) is 3.31. The maximum absolute atomic E-state index is 12.5. The first-order valence-electron chi connectivity index (χ1n) is 11.3. The number of nitrogens with one attached hydrogen (secondary N) is 2. The zero-order valence-corrected chi connectivity index (χ0v) is 19.8. The fourth-order valence-corrected chi connectivity index (χ4v) is 5.54. The van der Waals surface area contributed by atoms with Gasteiger partial charge in [0.2, 0.25) is 5.91 Å². The van der Waals surface area contributed by atoms with Gasteiger partial charge >= 0.3 is 13.2 Å². The second-order valence-corrected chi connectivity index (χ2v) is 11.5. The van der Waals surface area contributed by atoms with Crippen molar-refractivity contribution in [3.63, 3.8) is 0 Å². The first kappa shape index (κ1) is 23.4. The molecule has 170 valence electrons. The van der Waals surface area contributed by atoms with Gasteiger partial charge in [0.05, 0.1) is 24.2 Å². The lowest BCUT2D eigenvalue weighted by molar-refractivity contribution is -0.199. The molecule has 4 aliphatic rings. The van der Waals surface area contributed by atoms with Crippen molar-refractivity contribution < 1.29 is 23.6 Å². The van der Waals surface area contributed by atoms with Crippen LogP contribution < -0.4 is 10.6 Å². The SMILES string of the molecule is CC(C)CC(NC(=O)CNC(=O)OC(C)(C)C)B1OC2CC3CC(C3(C)C)[C@]2(C)O1. The van der Waals surface area contributed by atoms with Crippen LogP contribution >= 0.6 is 0 Å². The summed E-state index contributed by atoms with van der Waals surface area (Å²) in [4.78, 5) is 24.4. The van der Waals surface area contributed by atoms with Crippen molar-refractivity contribution in [2.75, 3.05) is 6.54 Å². The Labute approximate surface area is 181 Å². The number of carbonyl (C=O) groups is 2. The Morgan fingerprint density at radius 1 is 1.20 bits per heavy atom. The molecule has 7 nitrogen and oxygen atoms in total. The van der Waals surface area contributed by atoms with Crippen LogP contribution in [0.5, 0.6) is 0 Å². The summed E-state index contributed by atoms with van der Waals surface area (Å²) < 4.78 is 18.1. The lowest BCUT2D eigenvalue weighted by Crippen LogP contribution is -2.65. The van der Waals surface area contributed by atoms with Gasteiger partial charge in [-0.05, 0) is 70.1 Å². The van der Waals surface area contributed by atoms with Crippen LogP contribution in [0.15, 0.2) is 0 Å². The Hall–Kier alpha value is -1.28. The smallest absolute Gasteiger partial charge is 0.444 e. The highest BCUT2D eigenvalue weighted by Crippen LogP contribution is 2.65. The second-order valence-electron chi connectivity index (χ2n) is 11.5. The van der Waals surface area contributed by atoms with Crippen LogP contribution in [0, 0.1) is 23.2 Å². The molecule has 2 N–H and O–H groups in total. The van der Waals surface area contributed by atoms with Crippen molar-refractivity contribution in [2.45, 2.75) is 97.9 Å². The average Bonchev–Trinajstić information content (AvgIpc) is 2.94. The Balaban J connectivity index is 1.60. The van der Waals surface area contributed by atoms with Gasteiger partial charge in [0, 0.05) is 0 Å². The second kappa shape index (κ2) is 8.01. The van der Waals surface area contributed by atoms with Crippen molar-refractivity contribution in [3.05, 3.63) is 0 Å². The molecule has 4 fully saturated rings. The molecule has 1 saturated heterocycles. The van der Waals surface area contributed by atoms with Gasteiger partial charge in [0.25, 0.3) is 0 Å². The summed E-state index contributed by atoms with van der Waals surface area (Å²) in [7, 11) is -0.469. The summed E-state index contributed by atoms with van der Waals surface area (Å²) >= 11 is 0. The van der Waals surface area contributed by atoms with Crippen LogP contribution in [-0.4, -0.2) is 48.9 Å². The third kappa shape index (κ3) is 4.64. The third-order valence-corrected chi connectivity index (χ3v) is 7.16. The summed E-state index contributed by atoms with van der Waals surface area (Å²) in [6, 6.07) is 0. The fourth-order valence-electron chi connectivity index (χ4n) is 5.54. The molecule has 4 unspecified atom stereocenters. The van der Waals surface area contributed by atoms with Gasteiger partial charge in [0.1, 0.15) is 5.60 Å². The van der Waals surface area contributed by atoms with Gasteiger partial charge in [-0.3, -0.25) is 4.79 Å². The minimum absolute atomic E-state index is 0.0747. The van der Waals surface area contributed by atoms with Gasteiger partial charge in [-0.25, -0.2) is 4.79 Å². The van der Waals surface area contributed by atoms with E-state index < -0.39 is 18.8 Å². The number of amides is 2. The van der Waals surface area contributed by atoms with Crippen LogP contribution in [-0.2, 0) is 18.8 Å². The maximum Gasteiger partial charge on any atom is 0.481 e. The Bertz CT molecular complexity index is 677. The molecule has 0 radical (unpaired) electrons. The topological polar surface area (TPSA) is 85.9 Å². The van der Waals surface area contributed by atoms with E-state index in [2.05, 4.69) is 45.3 Å². The van der Waals surface area contributed by atoms with Crippen LogP contribution in [0.1, 0.15) is 74.7 Å². The normalized spacial score (nSPS) is 32.8. The summed E-state index contributed by atoms with van der Waals surface area (Å²) in [6.45, 7) is 16.3. The molecule has 4 rings (SSSR count). The molecule has 3 aliphatic carbocycles. The lowest BCUT2D eigenvalue weighted by atomic mass is 9.43. The monoisotopic (exact) mass is 422 g/mol. The van der Waals surface area contributed by atoms with Crippen LogP contribution in [0.4, 0.5) is 4.79 Å². The molecular weight excluding hydrogens is 383 g/mol. The minimum Gasteiger partial charge on any atom is -0.444 e. The molecule has 3 saturated carbocycles. The van der Waals surface area contributed by atoms with Crippen LogP contribution in [0.2, 0.25) is 0 Å². The number of hydrogen-bond acceptors (Lipinski definition) is 5. The van der Waals surface area contributed by atoms with E-state index in [0.717, 1.165) is 12.8 Å². The molecule has 1 aliphatic heterocycles. The number of carbonyl (C=O) groups excluding carboxylic acids is 2. The Morgan fingerprint density at radius 3 is 2.43 bits per heavy atom. The highest BCUT2D eigenvalue weighted by molar-refractivity contribution is 6.47. The molecule has 0 aromatic heterocycles. The van der Waals surface area contributed by atoms with Gasteiger partial charge in [-0.15, -0.1) is 0 Å². The van der Waals surface area contributed by atoms with E-state index in [1.807, 2.05) is 0 Å². The number of hydrogen-bond donors (Lipinski definition) is 2. The van der Waals surface area contributed by atoms with Crippen LogP contribution in [0.25, 0.3) is 0 Å². The first-order chi connectivity index (χ1) is 13.7. The quantitative estimate of drug-likeness (QED) is 0.642. The summed E-state index contributed by atoms with van der Waals surface area (Å²) in [6.07, 6.45) is 2.41. The zero-order valence-electron chi connectivity index (χ0n) is 19.8. The first-order valence-corrected chi connectivity index (χ1v) is 11.3. The zero-order chi connectivity index (χ0) is 22.5. The van der Waals surface area contributed by atoms with Crippen molar-refractivity contribution in [1.29, 1.82) is 0 Å². The van der Waals surface area contributed by atoms with Crippen molar-refractivity contribution >= 4 is 19.1 Å². The van der Waals surface area contributed by atoms with E-state index >= 15 is 0 Å². The molecular formula is C22H39BN2O5. The molecule has 0 aromatic rings. The van der Waals surface area contributed by atoms with Crippen LogP contribution in [0.3, 0.4) is 0 Å². The van der Waals surface area contributed by atoms with E-state index in [1.54, 1.807) is 20.8 Å². The molecule has 8 heteroatoms. The van der Waals surface area contributed by atoms with Gasteiger partial charge < -0.3 is 24.7 Å². The van der Waals surface area contributed by atoms with Crippen molar-refractivity contribution in [3.8, 4) is 0 Å². The number of rotatable bonds is 6. The van der Waals surface area contributed by atoms with E-state index in [1.165, 1.54) is 6.42 Å². The van der Waals surface area contributed by atoms with Crippen molar-refractivity contribution in [1.82, 2.24) is 10.6 Å². The Kier molecular flexibility index (Phi) is 6.24. The van der Waals surface area contributed by atoms with Gasteiger partial charge in [-0.2, -0.15) is 0 Å². The largest absolute Gasteiger partial charge is 0.481 e. The van der Waals surface area contributed by atoms with E-state index in [9.17, 15) is 9.59 Å². The van der Waals surface area contributed by atoms with E-state index in [0.29, 0.717) is 17.8 Å². The summed E-state index contributed by atoms with van der Waals surface area (Å²) in [5.74, 6) is 0.980. The lowest BCUT2D eigenvalue weighted by Gasteiger charge is -2.64. The maximum atomic E-state index is 12.5. The van der Waals surface area contributed by atoms with E-state index in [4.69, 9.17) is 14.0 Å². The molecule has 0 aromatic carbocycles. The number of ether oxygens (including phenoxy) is 1. The molecule has 1 heterocycles. The highest BCUT2D eigenvalue weighted by Gasteiger charge is 2.68. The fraction of sp³-hybridized carbons (Fsp3) is 0.909. The summed E-state index contributed by atoms with van der Waals surface area (Å²) in [5.41, 5.74) is -0.637. The third-order valence-electron chi connectivity index (χ3n) is 7.16. The molecule has 2 amide bonds. The van der Waals surface area contributed by atoms with Gasteiger partial charge in [0.15, 0.2) is 0 Å². The van der Waals surface area contributed by atoms with E-state index in [-0.39, 0.29) is 35.5 Å².